The van der Waals surface area contributed by atoms with Crippen LogP contribution in [-0.4, -0.2) is 42.3 Å². The summed E-state index contributed by atoms with van der Waals surface area (Å²) in [5.41, 5.74) is 0. The summed E-state index contributed by atoms with van der Waals surface area (Å²) in [7, 11) is 0. The van der Waals surface area contributed by atoms with Crippen LogP contribution in [0.15, 0.2) is 0 Å². The van der Waals surface area contributed by atoms with E-state index in [1.54, 1.807) is 13.8 Å². The van der Waals surface area contributed by atoms with E-state index < -0.39 is 0 Å². The van der Waals surface area contributed by atoms with Gasteiger partial charge < -0.3 is 14.6 Å². The summed E-state index contributed by atoms with van der Waals surface area (Å²) in [6.07, 6.45) is 1.18. The molecule has 0 rings (SSSR count). The first-order valence-corrected chi connectivity index (χ1v) is 6.72. The lowest BCUT2D eigenvalue weighted by Gasteiger charge is -2.14. The lowest BCUT2D eigenvalue weighted by Crippen LogP contribution is -2.20. The minimum Gasteiger partial charge on any atom is -0.466 e. The highest BCUT2D eigenvalue weighted by molar-refractivity contribution is 9.09. The van der Waals surface area contributed by atoms with E-state index in [0.717, 1.165) is 11.8 Å². The molecular formula is C11H23BrO4. The summed E-state index contributed by atoms with van der Waals surface area (Å²) in [6.45, 7) is 6.73. The van der Waals surface area contributed by atoms with Crippen LogP contribution in [0.25, 0.3) is 0 Å². The molecule has 0 bridgehead atoms. The van der Waals surface area contributed by atoms with Crippen LogP contribution in [0.4, 0.5) is 0 Å². The highest BCUT2D eigenvalue weighted by atomic mass is 79.9. The monoisotopic (exact) mass is 298 g/mol. The Kier molecular flexibility index (Phi) is 17.0. The Morgan fingerprint density at radius 1 is 1.31 bits per heavy atom. The number of alkyl halides is 1. The fourth-order valence-corrected chi connectivity index (χ4v) is 1.52. The third-order valence-electron chi connectivity index (χ3n) is 1.53. The predicted molar refractivity (Wildman–Crippen MR) is 67.8 cm³/mol. The van der Waals surface area contributed by atoms with E-state index in [-0.39, 0.29) is 18.7 Å². The van der Waals surface area contributed by atoms with Gasteiger partial charge in [0.05, 0.1) is 19.1 Å². The number of carbonyl (C=O) groups is 1. The molecule has 4 nitrogen and oxygen atoms in total. The van der Waals surface area contributed by atoms with Crippen LogP contribution in [-0.2, 0) is 14.3 Å². The van der Waals surface area contributed by atoms with E-state index in [4.69, 9.17) is 14.6 Å². The molecule has 0 aromatic carbocycles. The molecule has 0 saturated carbocycles. The van der Waals surface area contributed by atoms with Crippen LogP contribution >= 0.6 is 15.9 Å². The molecule has 98 valence electrons. The van der Waals surface area contributed by atoms with Crippen LogP contribution < -0.4 is 0 Å². The zero-order valence-electron chi connectivity index (χ0n) is 10.4. The molecule has 0 aromatic heterocycles. The summed E-state index contributed by atoms with van der Waals surface area (Å²) in [6, 6.07) is 0. The van der Waals surface area contributed by atoms with Gasteiger partial charge in [-0.1, -0.05) is 15.9 Å². The smallest absolute Gasteiger partial charge is 0.308 e. The van der Waals surface area contributed by atoms with Crippen molar-refractivity contribution >= 4 is 21.9 Å². The lowest BCUT2D eigenvalue weighted by atomic mass is 10.2. The van der Waals surface area contributed by atoms with Gasteiger partial charge in [-0.25, -0.2) is 0 Å². The molecule has 1 unspecified atom stereocenters. The summed E-state index contributed by atoms with van der Waals surface area (Å²) >= 11 is 3.32. The maximum Gasteiger partial charge on any atom is 0.308 e. The van der Waals surface area contributed by atoms with Crippen LogP contribution in [0, 0.1) is 0 Å². The van der Waals surface area contributed by atoms with E-state index in [1.165, 1.54) is 0 Å². The van der Waals surface area contributed by atoms with Crippen LogP contribution in [0.5, 0.6) is 0 Å². The Labute approximate surface area is 106 Å². The molecule has 0 fully saturated rings. The van der Waals surface area contributed by atoms with Crippen LogP contribution in [0.1, 0.15) is 33.6 Å². The fraction of sp³-hybridized carbons (Fsp3) is 0.909. The maximum atomic E-state index is 11.1. The number of aliphatic hydroxyl groups excluding tert-OH is 1. The third-order valence-corrected chi connectivity index (χ3v) is 1.99. The van der Waals surface area contributed by atoms with E-state index >= 15 is 0 Å². The second-order valence-corrected chi connectivity index (χ2v) is 3.67. The van der Waals surface area contributed by atoms with Gasteiger partial charge in [-0.15, -0.1) is 0 Å². The van der Waals surface area contributed by atoms with Crippen LogP contribution in [0.3, 0.4) is 0 Å². The molecule has 0 aliphatic rings. The van der Waals surface area contributed by atoms with Crippen LogP contribution in [0.2, 0.25) is 0 Å². The zero-order valence-corrected chi connectivity index (χ0v) is 12.0. The number of aliphatic hydroxyl groups is 1. The van der Waals surface area contributed by atoms with E-state index in [9.17, 15) is 4.79 Å². The topological polar surface area (TPSA) is 55.8 Å². The van der Waals surface area contributed by atoms with Gasteiger partial charge in [0.15, 0.2) is 0 Å². The average Bonchev–Trinajstić information content (AvgIpc) is 2.20. The van der Waals surface area contributed by atoms with Gasteiger partial charge in [0.1, 0.15) is 0 Å². The zero-order chi connectivity index (χ0) is 12.8. The largest absolute Gasteiger partial charge is 0.466 e. The number of hydrogen-bond donors (Lipinski definition) is 1. The average molecular weight is 299 g/mol. The highest BCUT2D eigenvalue weighted by Gasteiger charge is 2.13. The fourth-order valence-electron chi connectivity index (χ4n) is 1.01. The molecule has 0 amide bonds. The number of hydrogen-bond acceptors (Lipinski definition) is 4. The minimum atomic E-state index is -0.179. The van der Waals surface area contributed by atoms with Crippen molar-refractivity contribution in [3.05, 3.63) is 0 Å². The number of carbonyl (C=O) groups excluding carboxylic acids is 1. The number of ether oxygens (including phenoxy) is 2. The Morgan fingerprint density at radius 2 is 1.88 bits per heavy atom. The van der Waals surface area contributed by atoms with E-state index in [2.05, 4.69) is 15.9 Å². The first-order chi connectivity index (χ1) is 7.65. The standard InChI is InChI=1S/C9H17BrO3.C2H6O/c1-3-12-8(5-6-10)7-9(11)13-4-2;1-2-3/h8H,3-7H2,1-2H3;3H,2H2,1H3. The van der Waals surface area contributed by atoms with Gasteiger partial charge in [0, 0.05) is 18.5 Å². The Bertz CT molecular complexity index is 147. The van der Waals surface area contributed by atoms with Crippen molar-refractivity contribution in [2.24, 2.45) is 0 Å². The summed E-state index contributed by atoms with van der Waals surface area (Å²) in [5.74, 6) is -0.179. The van der Waals surface area contributed by atoms with Gasteiger partial charge >= 0.3 is 5.97 Å². The molecule has 16 heavy (non-hydrogen) atoms. The summed E-state index contributed by atoms with van der Waals surface area (Å²) in [4.78, 5) is 11.1. The normalized spacial score (nSPS) is 11.3. The molecule has 0 aromatic rings. The van der Waals surface area contributed by atoms with Gasteiger partial charge in [0.25, 0.3) is 0 Å². The molecule has 0 aliphatic carbocycles. The van der Waals surface area contributed by atoms with Gasteiger partial charge in [0.2, 0.25) is 0 Å². The molecular weight excluding hydrogens is 276 g/mol. The second-order valence-electron chi connectivity index (χ2n) is 2.88. The highest BCUT2D eigenvalue weighted by Crippen LogP contribution is 2.07. The molecule has 0 aliphatic heterocycles. The molecule has 5 heteroatoms. The summed E-state index contributed by atoms with van der Waals surface area (Å²) in [5, 5.41) is 8.41. The van der Waals surface area contributed by atoms with Gasteiger partial charge in [-0.3, -0.25) is 4.79 Å². The molecule has 0 radical (unpaired) electrons. The van der Waals surface area contributed by atoms with Crippen molar-refractivity contribution in [3.63, 3.8) is 0 Å². The molecule has 0 heterocycles. The van der Waals surface area contributed by atoms with Crippen molar-refractivity contribution in [1.29, 1.82) is 0 Å². The second kappa shape index (κ2) is 14.9. The molecule has 1 atom stereocenters. The SMILES string of the molecule is CCO.CCOC(=O)CC(CCBr)OCC. The Hall–Kier alpha value is -0.130. The van der Waals surface area contributed by atoms with Crippen molar-refractivity contribution in [2.75, 3.05) is 25.2 Å². The lowest BCUT2D eigenvalue weighted by molar-refractivity contribution is -0.146. The minimum absolute atomic E-state index is 0.0107. The maximum absolute atomic E-state index is 11.1. The molecule has 1 N–H and O–H groups in total. The quantitative estimate of drug-likeness (QED) is 0.578. The number of rotatable bonds is 7. The molecule has 0 saturated heterocycles. The summed E-state index contributed by atoms with van der Waals surface area (Å²) < 4.78 is 10.2. The predicted octanol–water partition coefficient (Wildman–Crippen LogP) is 2.13. The Balaban J connectivity index is 0. The van der Waals surface area contributed by atoms with E-state index in [1.807, 2.05) is 6.92 Å². The van der Waals surface area contributed by atoms with Crippen molar-refractivity contribution < 1.29 is 19.4 Å². The van der Waals surface area contributed by atoms with Gasteiger partial charge in [-0.05, 0) is 27.2 Å². The molecule has 0 spiro atoms. The first kappa shape index (κ1) is 18.2. The number of halogens is 1. The van der Waals surface area contributed by atoms with Crippen molar-refractivity contribution in [2.45, 2.75) is 39.7 Å². The number of esters is 1. The first-order valence-electron chi connectivity index (χ1n) is 5.60. The third kappa shape index (κ3) is 13.9. The van der Waals surface area contributed by atoms with Gasteiger partial charge in [-0.2, -0.15) is 0 Å². The Morgan fingerprint density at radius 3 is 2.25 bits per heavy atom. The van der Waals surface area contributed by atoms with Crippen molar-refractivity contribution in [3.8, 4) is 0 Å². The van der Waals surface area contributed by atoms with E-state index in [0.29, 0.717) is 19.6 Å². The van der Waals surface area contributed by atoms with Crippen molar-refractivity contribution in [1.82, 2.24) is 0 Å².